The highest BCUT2D eigenvalue weighted by Gasteiger charge is 2.27. The summed E-state index contributed by atoms with van der Waals surface area (Å²) in [5, 5.41) is 9.10. The molecule has 1 aromatic rings. The van der Waals surface area contributed by atoms with Crippen LogP contribution >= 0.6 is 0 Å². The summed E-state index contributed by atoms with van der Waals surface area (Å²) in [5.41, 5.74) is 2.51. The Hall–Kier alpha value is -1.69. The third kappa shape index (κ3) is 2.85. The second-order valence-corrected chi connectivity index (χ2v) is 5.87. The molecular weight excluding hydrogens is 268 g/mol. The van der Waals surface area contributed by atoms with Gasteiger partial charge in [-0.05, 0) is 32.6 Å². The van der Waals surface area contributed by atoms with Gasteiger partial charge in [-0.25, -0.2) is 9.97 Å². The molecule has 0 spiro atoms. The van der Waals surface area contributed by atoms with E-state index in [1.807, 2.05) is 4.90 Å². The van der Waals surface area contributed by atoms with E-state index in [2.05, 4.69) is 14.9 Å². The van der Waals surface area contributed by atoms with Crippen LogP contribution in [-0.4, -0.2) is 58.2 Å². The zero-order valence-electron chi connectivity index (χ0n) is 12.5. The molecule has 2 aliphatic rings. The van der Waals surface area contributed by atoms with Gasteiger partial charge in [-0.15, -0.1) is 0 Å². The molecule has 1 unspecified atom stereocenters. The number of aryl methyl sites for hydroxylation is 1. The van der Waals surface area contributed by atoms with Gasteiger partial charge in [0.05, 0.1) is 0 Å². The molecule has 6 nitrogen and oxygen atoms in total. The molecule has 1 fully saturated rings. The number of nitrogens with zero attached hydrogens (tertiary/aromatic N) is 4. The fourth-order valence-electron chi connectivity index (χ4n) is 3.25. The van der Waals surface area contributed by atoms with E-state index < -0.39 is 12.0 Å². The van der Waals surface area contributed by atoms with Gasteiger partial charge in [-0.1, -0.05) is 0 Å². The molecule has 0 aromatic carbocycles. The van der Waals surface area contributed by atoms with Crippen molar-refractivity contribution >= 4 is 11.8 Å². The summed E-state index contributed by atoms with van der Waals surface area (Å²) in [4.78, 5) is 24.3. The molecule has 1 aromatic heterocycles. The first kappa shape index (κ1) is 14.3. The molecule has 3 rings (SSSR count). The van der Waals surface area contributed by atoms with Gasteiger partial charge >= 0.3 is 5.97 Å². The summed E-state index contributed by atoms with van der Waals surface area (Å²) in [6.45, 7) is 4.96. The van der Waals surface area contributed by atoms with Crippen LogP contribution in [0.15, 0.2) is 6.33 Å². The summed E-state index contributed by atoms with van der Waals surface area (Å²) in [5.74, 6) is 0.324. The van der Waals surface area contributed by atoms with E-state index >= 15 is 0 Å². The van der Waals surface area contributed by atoms with Crippen LogP contribution in [0.3, 0.4) is 0 Å². The predicted octanol–water partition coefficient (Wildman–Crippen LogP) is 0.950. The maximum Gasteiger partial charge on any atom is 0.320 e. The Morgan fingerprint density at radius 2 is 1.90 bits per heavy atom. The van der Waals surface area contributed by atoms with Crippen molar-refractivity contribution in [2.45, 2.75) is 38.6 Å². The van der Waals surface area contributed by atoms with Crippen LogP contribution in [0, 0.1) is 0 Å². The molecule has 0 bridgehead atoms. The van der Waals surface area contributed by atoms with Crippen LogP contribution in [0.4, 0.5) is 5.82 Å². The smallest absolute Gasteiger partial charge is 0.320 e. The number of aliphatic carboxylic acids is 1. The van der Waals surface area contributed by atoms with Crippen molar-refractivity contribution in [1.29, 1.82) is 0 Å². The van der Waals surface area contributed by atoms with Crippen molar-refractivity contribution in [3.8, 4) is 0 Å². The van der Waals surface area contributed by atoms with Crippen molar-refractivity contribution in [3.63, 3.8) is 0 Å². The Bertz CT molecular complexity index is 526. The zero-order chi connectivity index (χ0) is 14.8. The standard InChI is InChI=1S/C15H22N4O2/c1-11(15(20)21)18-6-8-19(9-7-18)14-12-4-2-3-5-13(12)16-10-17-14/h10-11H,2-9H2,1H3,(H,20,21). The van der Waals surface area contributed by atoms with E-state index in [1.54, 1.807) is 13.3 Å². The van der Waals surface area contributed by atoms with E-state index in [4.69, 9.17) is 5.11 Å². The Balaban J connectivity index is 1.71. The first-order chi connectivity index (χ1) is 10.2. The molecule has 1 N–H and O–H groups in total. The molecular formula is C15H22N4O2. The lowest BCUT2D eigenvalue weighted by atomic mass is 9.96. The number of anilines is 1. The Kier molecular flexibility index (Phi) is 4.05. The van der Waals surface area contributed by atoms with Crippen molar-refractivity contribution in [2.75, 3.05) is 31.1 Å². The van der Waals surface area contributed by atoms with Gasteiger partial charge < -0.3 is 10.0 Å². The lowest BCUT2D eigenvalue weighted by molar-refractivity contribution is -0.142. The van der Waals surface area contributed by atoms with E-state index in [9.17, 15) is 4.79 Å². The second kappa shape index (κ2) is 5.97. The summed E-state index contributed by atoms with van der Waals surface area (Å²) in [6.07, 6.45) is 6.22. The SMILES string of the molecule is CC(C(=O)O)N1CCN(c2ncnc3c2CCCC3)CC1. The molecule has 114 valence electrons. The van der Waals surface area contributed by atoms with Crippen molar-refractivity contribution < 1.29 is 9.90 Å². The molecule has 2 heterocycles. The molecule has 1 atom stereocenters. The van der Waals surface area contributed by atoms with Crippen molar-refractivity contribution in [2.24, 2.45) is 0 Å². The average molecular weight is 290 g/mol. The Labute approximate surface area is 124 Å². The normalized spacial score (nSPS) is 20.9. The number of hydrogen-bond acceptors (Lipinski definition) is 5. The van der Waals surface area contributed by atoms with Crippen molar-refractivity contribution in [3.05, 3.63) is 17.6 Å². The number of rotatable bonds is 3. The van der Waals surface area contributed by atoms with Gasteiger partial charge in [0.15, 0.2) is 0 Å². The van der Waals surface area contributed by atoms with Crippen LogP contribution in [0.2, 0.25) is 0 Å². The highest BCUT2D eigenvalue weighted by Crippen LogP contribution is 2.27. The highest BCUT2D eigenvalue weighted by molar-refractivity contribution is 5.73. The zero-order valence-corrected chi connectivity index (χ0v) is 12.5. The van der Waals surface area contributed by atoms with Gasteiger partial charge in [-0.2, -0.15) is 0 Å². The number of aromatic nitrogens is 2. The topological polar surface area (TPSA) is 69.6 Å². The predicted molar refractivity (Wildman–Crippen MR) is 79.6 cm³/mol. The number of carbonyl (C=O) groups is 1. The number of hydrogen-bond donors (Lipinski definition) is 1. The van der Waals surface area contributed by atoms with Gasteiger partial charge in [0, 0.05) is 37.4 Å². The summed E-state index contributed by atoms with van der Waals surface area (Å²) >= 11 is 0. The third-order valence-corrected chi connectivity index (χ3v) is 4.62. The minimum Gasteiger partial charge on any atom is -0.480 e. The summed E-state index contributed by atoms with van der Waals surface area (Å²) < 4.78 is 0. The Morgan fingerprint density at radius 3 is 2.62 bits per heavy atom. The summed E-state index contributed by atoms with van der Waals surface area (Å²) in [7, 11) is 0. The van der Waals surface area contributed by atoms with Gasteiger partial charge in [0.2, 0.25) is 0 Å². The molecule has 1 saturated heterocycles. The lowest BCUT2D eigenvalue weighted by Crippen LogP contribution is -2.52. The Morgan fingerprint density at radius 1 is 1.19 bits per heavy atom. The molecule has 1 aliphatic carbocycles. The quantitative estimate of drug-likeness (QED) is 0.894. The average Bonchev–Trinajstić information content (AvgIpc) is 2.53. The lowest BCUT2D eigenvalue weighted by Gasteiger charge is -2.38. The molecule has 0 saturated carbocycles. The number of carboxylic acid groups (broad SMARTS) is 1. The second-order valence-electron chi connectivity index (χ2n) is 5.87. The van der Waals surface area contributed by atoms with E-state index in [1.165, 1.54) is 24.1 Å². The number of fused-ring (bicyclic) bond motifs is 1. The minimum absolute atomic E-state index is 0.411. The summed E-state index contributed by atoms with van der Waals surface area (Å²) in [6, 6.07) is -0.411. The first-order valence-electron chi connectivity index (χ1n) is 7.71. The van der Waals surface area contributed by atoms with Crippen LogP contribution in [-0.2, 0) is 17.6 Å². The maximum absolute atomic E-state index is 11.1. The van der Waals surface area contributed by atoms with E-state index in [-0.39, 0.29) is 0 Å². The fraction of sp³-hybridized carbons (Fsp3) is 0.667. The van der Waals surface area contributed by atoms with Gasteiger partial charge in [0.25, 0.3) is 0 Å². The molecule has 0 amide bonds. The van der Waals surface area contributed by atoms with Crippen LogP contribution in [0.5, 0.6) is 0 Å². The maximum atomic E-state index is 11.1. The van der Waals surface area contributed by atoms with Crippen molar-refractivity contribution in [1.82, 2.24) is 14.9 Å². The number of carboxylic acids is 1. The fourth-order valence-corrected chi connectivity index (χ4v) is 3.25. The van der Waals surface area contributed by atoms with E-state index in [0.29, 0.717) is 0 Å². The van der Waals surface area contributed by atoms with Crippen LogP contribution < -0.4 is 4.90 Å². The molecule has 21 heavy (non-hydrogen) atoms. The monoisotopic (exact) mass is 290 g/mol. The highest BCUT2D eigenvalue weighted by atomic mass is 16.4. The molecule has 6 heteroatoms. The van der Waals surface area contributed by atoms with Crippen LogP contribution in [0.25, 0.3) is 0 Å². The van der Waals surface area contributed by atoms with Gasteiger partial charge in [-0.3, -0.25) is 9.69 Å². The third-order valence-electron chi connectivity index (χ3n) is 4.62. The minimum atomic E-state index is -0.747. The number of piperazine rings is 1. The first-order valence-corrected chi connectivity index (χ1v) is 7.71. The van der Waals surface area contributed by atoms with Crippen LogP contribution in [0.1, 0.15) is 31.0 Å². The molecule has 0 radical (unpaired) electrons. The largest absolute Gasteiger partial charge is 0.480 e. The van der Waals surface area contributed by atoms with Gasteiger partial charge in [0.1, 0.15) is 18.2 Å². The molecule has 1 aliphatic heterocycles. The van der Waals surface area contributed by atoms with E-state index in [0.717, 1.165) is 44.8 Å².